The summed E-state index contributed by atoms with van der Waals surface area (Å²) in [5.74, 6) is -1.52. The Hall–Kier alpha value is -0.610. The maximum absolute atomic E-state index is 10.9. The third-order valence-corrected chi connectivity index (χ3v) is 3.57. The normalized spacial score (nSPS) is 27.9. The van der Waals surface area contributed by atoms with Crippen LogP contribution in [0, 0.1) is 0 Å². The fraction of sp³-hybridized carbons (Fsp3) is 0.923. The summed E-state index contributed by atoms with van der Waals surface area (Å²) in [5.41, 5.74) is -0.573. The van der Waals surface area contributed by atoms with E-state index in [-0.39, 0.29) is 5.97 Å². The minimum Gasteiger partial charge on any atom is -0.433 e. The van der Waals surface area contributed by atoms with Crippen LogP contribution in [0.3, 0.4) is 0 Å². The Morgan fingerprint density at radius 1 is 1.41 bits per heavy atom. The number of hydrogen-bond acceptors (Lipinski definition) is 4. The summed E-state index contributed by atoms with van der Waals surface area (Å²) in [5, 5.41) is 19.7. The number of unbranched alkanes of at least 4 members (excludes halogenated alkanes) is 2. The van der Waals surface area contributed by atoms with Crippen molar-refractivity contribution in [1.29, 1.82) is 0 Å². The van der Waals surface area contributed by atoms with E-state index < -0.39 is 11.4 Å². The third-order valence-electron chi connectivity index (χ3n) is 3.57. The highest BCUT2D eigenvalue weighted by molar-refractivity contribution is 5.71. The number of cyclic esters (lactones) is 1. The van der Waals surface area contributed by atoms with E-state index in [0.29, 0.717) is 19.3 Å². The second kappa shape index (κ2) is 5.83. The molecule has 0 bridgehead atoms. The summed E-state index contributed by atoms with van der Waals surface area (Å²) < 4.78 is 4.88. The Labute approximate surface area is 103 Å². The third kappa shape index (κ3) is 5.04. The first-order valence-electron chi connectivity index (χ1n) is 6.53. The van der Waals surface area contributed by atoms with E-state index in [0.717, 1.165) is 32.1 Å². The van der Waals surface area contributed by atoms with Crippen LogP contribution in [0.1, 0.15) is 65.2 Å². The van der Waals surface area contributed by atoms with Crippen LogP contribution < -0.4 is 0 Å². The molecule has 1 heterocycles. The summed E-state index contributed by atoms with van der Waals surface area (Å²) in [4.78, 5) is 10.9. The van der Waals surface area contributed by atoms with Crippen LogP contribution in [0.15, 0.2) is 0 Å². The van der Waals surface area contributed by atoms with Crippen LogP contribution >= 0.6 is 0 Å². The summed E-state index contributed by atoms with van der Waals surface area (Å²) in [6.45, 7) is 3.82. The molecule has 1 fully saturated rings. The highest BCUT2D eigenvalue weighted by Gasteiger charge is 2.37. The monoisotopic (exact) mass is 244 g/mol. The fourth-order valence-corrected chi connectivity index (χ4v) is 2.05. The van der Waals surface area contributed by atoms with Crippen molar-refractivity contribution in [3.63, 3.8) is 0 Å². The van der Waals surface area contributed by atoms with Gasteiger partial charge in [0.2, 0.25) is 5.79 Å². The first kappa shape index (κ1) is 14.5. The predicted octanol–water partition coefficient (Wildman–Crippen LogP) is 2.12. The topological polar surface area (TPSA) is 66.8 Å². The number of esters is 1. The van der Waals surface area contributed by atoms with Crippen LogP contribution in [0.5, 0.6) is 0 Å². The van der Waals surface area contributed by atoms with Crippen LogP contribution in [-0.4, -0.2) is 27.6 Å². The van der Waals surface area contributed by atoms with Gasteiger partial charge in [0, 0.05) is 12.8 Å². The fourth-order valence-electron chi connectivity index (χ4n) is 2.05. The average molecular weight is 244 g/mol. The van der Waals surface area contributed by atoms with Crippen LogP contribution in [-0.2, 0) is 9.53 Å². The Bertz CT molecular complexity index is 262. The molecule has 17 heavy (non-hydrogen) atoms. The van der Waals surface area contributed by atoms with Gasteiger partial charge in [0.15, 0.2) is 0 Å². The SMILES string of the molecule is CCC(C)(O)CCCCCC1(O)CCC(=O)O1. The number of carbonyl (C=O) groups is 1. The van der Waals surface area contributed by atoms with Gasteiger partial charge in [-0.3, -0.25) is 4.79 Å². The summed E-state index contributed by atoms with van der Waals surface area (Å²) >= 11 is 0. The molecule has 100 valence electrons. The van der Waals surface area contributed by atoms with E-state index >= 15 is 0 Å². The molecular formula is C13H24O4. The first-order valence-corrected chi connectivity index (χ1v) is 6.53. The second-order valence-electron chi connectivity index (χ2n) is 5.33. The number of hydrogen-bond donors (Lipinski definition) is 2. The van der Waals surface area contributed by atoms with Gasteiger partial charge in [0.05, 0.1) is 12.0 Å². The lowest BCUT2D eigenvalue weighted by Gasteiger charge is -2.22. The summed E-state index contributed by atoms with van der Waals surface area (Å²) in [6.07, 6.45) is 5.48. The van der Waals surface area contributed by atoms with Crippen molar-refractivity contribution in [1.82, 2.24) is 0 Å². The maximum atomic E-state index is 10.9. The molecule has 4 heteroatoms. The predicted molar refractivity (Wildman–Crippen MR) is 64.3 cm³/mol. The van der Waals surface area contributed by atoms with E-state index in [1.54, 1.807) is 0 Å². The molecule has 1 saturated heterocycles. The minimum atomic E-state index is -1.22. The lowest BCUT2D eigenvalue weighted by atomic mass is 9.94. The van der Waals surface area contributed by atoms with Gasteiger partial charge in [-0.1, -0.05) is 19.8 Å². The highest BCUT2D eigenvalue weighted by atomic mass is 16.7. The Morgan fingerprint density at radius 3 is 2.65 bits per heavy atom. The second-order valence-corrected chi connectivity index (χ2v) is 5.33. The molecule has 1 rings (SSSR count). The smallest absolute Gasteiger partial charge is 0.308 e. The van der Waals surface area contributed by atoms with Crippen molar-refractivity contribution in [2.75, 3.05) is 0 Å². The highest BCUT2D eigenvalue weighted by Crippen LogP contribution is 2.29. The van der Waals surface area contributed by atoms with Crippen LogP contribution in [0.4, 0.5) is 0 Å². The van der Waals surface area contributed by atoms with E-state index in [2.05, 4.69) is 0 Å². The molecule has 0 saturated carbocycles. The Morgan fingerprint density at radius 2 is 2.12 bits per heavy atom. The van der Waals surface area contributed by atoms with E-state index in [9.17, 15) is 15.0 Å². The molecule has 2 atom stereocenters. The molecule has 0 aromatic rings. The zero-order valence-electron chi connectivity index (χ0n) is 10.9. The van der Waals surface area contributed by atoms with Gasteiger partial charge >= 0.3 is 5.97 Å². The quantitative estimate of drug-likeness (QED) is 0.532. The average Bonchev–Trinajstić information content (AvgIpc) is 2.58. The van der Waals surface area contributed by atoms with Gasteiger partial charge in [-0.25, -0.2) is 0 Å². The van der Waals surface area contributed by atoms with Crippen molar-refractivity contribution in [2.24, 2.45) is 0 Å². The van der Waals surface area contributed by atoms with Crippen molar-refractivity contribution in [2.45, 2.75) is 76.6 Å². The first-order chi connectivity index (χ1) is 7.87. The summed E-state index contributed by atoms with van der Waals surface area (Å²) in [6, 6.07) is 0. The minimum absolute atomic E-state index is 0.304. The molecule has 0 aromatic heterocycles. The van der Waals surface area contributed by atoms with Crippen molar-refractivity contribution < 1.29 is 19.7 Å². The van der Waals surface area contributed by atoms with E-state index in [1.165, 1.54) is 0 Å². The molecule has 1 aliphatic rings. The van der Waals surface area contributed by atoms with Gasteiger partial charge in [0.1, 0.15) is 0 Å². The Balaban J connectivity index is 2.10. The van der Waals surface area contributed by atoms with Gasteiger partial charge < -0.3 is 14.9 Å². The number of aliphatic hydroxyl groups is 2. The zero-order valence-corrected chi connectivity index (χ0v) is 10.9. The molecule has 0 aliphatic carbocycles. The molecule has 0 radical (unpaired) electrons. The zero-order chi connectivity index (χ0) is 12.9. The Kier molecular flexibility index (Phi) is 4.95. The molecule has 0 spiro atoms. The molecule has 2 N–H and O–H groups in total. The molecule has 2 unspecified atom stereocenters. The van der Waals surface area contributed by atoms with Crippen molar-refractivity contribution in [3.05, 3.63) is 0 Å². The van der Waals surface area contributed by atoms with Gasteiger partial charge in [-0.05, 0) is 26.2 Å². The van der Waals surface area contributed by atoms with Crippen molar-refractivity contribution in [3.8, 4) is 0 Å². The summed E-state index contributed by atoms with van der Waals surface area (Å²) in [7, 11) is 0. The number of carbonyl (C=O) groups excluding carboxylic acids is 1. The standard InChI is InChI=1S/C13H24O4/c1-3-12(2,15)8-5-4-6-9-13(16)10-7-11(14)17-13/h15-16H,3-10H2,1-2H3. The van der Waals surface area contributed by atoms with Gasteiger partial charge in [-0.2, -0.15) is 0 Å². The lowest BCUT2D eigenvalue weighted by Crippen LogP contribution is -2.27. The molecule has 1 aliphatic heterocycles. The molecule has 0 aromatic carbocycles. The lowest BCUT2D eigenvalue weighted by molar-refractivity contribution is -0.190. The van der Waals surface area contributed by atoms with Crippen LogP contribution in [0.25, 0.3) is 0 Å². The molecule has 0 amide bonds. The van der Waals surface area contributed by atoms with Gasteiger partial charge in [-0.15, -0.1) is 0 Å². The largest absolute Gasteiger partial charge is 0.433 e. The number of rotatable bonds is 7. The van der Waals surface area contributed by atoms with E-state index in [4.69, 9.17) is 4.74 Å². The molecule has 4 nitrogen and oxygen atoms in total. The number of ether oxygens (including phenoxy) is 1. The van der Waals surface area contributed by atoms with E-state index in [1.807, 2.05) is 13.8 Å². The van der Waals surface area contributed by atoms with Crippen molar-refractivity contribution >= 4 is 5.97 Å². The van der Waals surface area contributed by atoms with Gasteiger partial charge in [0.25, 0.3) is 0 Å². The molecular weight excluding hydrogens is 220 g/mol. The maximum Gasteiger partial charge on any atom is 0.308 e. The van der Waals surface area contributed by atoms with Crippen LogP contribution in [0.2, 0.25) is 0 Å².